The number of halogens is 4. The van der Waals surface area contributed by atoms with Gasteiger partial charge < -0.3 is 10.6 Å². The first-order chi connectivity index (χ1) is 16.6. The van der Waals surface area contributed by atoms with Crippen LogP contribution in [0.15, 0.2) is 42.5 Å². The number of thiocarbonyl (C=S) groups is 1. The number of aryl methyl sites for hydroxylation is 2. The van der Waals surface area contributed by atoms with Crippen LogP contribution in [-0.4, -0.2) is 24.7 Å². The Morgan fingerprint density at radius 2 is 1.37 bits per heavy atom. The molecule has 6 nitrogen and oxygen atoms in total. The van der Waals surface area contributed by atoms with Crippen LogP contribution in [0.5, 0.6) is 0 Å². The van der Waals surface area contributed by atoms with Crippen molar-refractivity contribution in [1.82, 2.24) is 19.6 Å². The molecule has 0 aliphatic heterocycles. The molecule has 0 amide bonds. The van der Waals surface area contributed by atoms with Crippen LogP contribution in [0.1, 0.15) is 28.2 Å². The smallest absolute Gasteiger partial charge is 0.176 e. The maximum absolute atomic E-state index is 6.34. The first-order valence-corrected chi connectivity index (χ1v) is 12.6. The number of nitrogens with zero attached hydrogens (tertiary/aromatic N) is 4. The van der Waals surface area contributed by atoms with Crippen molar-refractivity contribution in [3.8, 4) is 0 Å². The van der Waals surface area contributed by atoms with E-state index in [1.54, 1.807) is 12.1 Å². The summed E-state index contributed by atoms with van der Waals surface area (Å²) in [6.07, 6.45) is 0. The van der Waals surface area contributed by atoms with Gasteiger partial charge in [0.05, 0.1) is 30.2 Å². The van der Waals surface area contributed by atoms with Crippen molar-refractivity contribution in [1.29, 1.82) is 0 Å². The molecule has 0 unspecified atom stereocenters. The molecule has 2 aromatic carbocycles. The molecule has 0 radical (unpaired) electrons. The summed E-state index contributed by atoms with van der Waals surface area (Å²) in [5, 5.41) is 18.5. The van der Waals surface area contributed by atoms with Crippen molar-refractivity contribution < 1.29 is 0 Å². The van der Waals surface area contributed by atoms with Gasteiger partial charge in [-0.2, -0.15) is 10.2 Å². The van der Waals surface area contributed by atoms with E-state index in [0.29, 0.717) is 44.1 Å². The Labute approximate surface area is 229 Å². The summed E-state index contributed by atoms with van der Waals surface area (Å²) in [4.78, 5) is 0. The van der Waals surface area contributed by atoms with Crippen LogP contribution in [0.4, 0.5) is 11.5 Å². The summed E-state index contributed by atoms with van der Waals surface area (Å²) in [6.45, 7) is 6.90. The van der Waals surface area contributed by atoms with E-state index in [-0.39, 0.29) is 0 Å². The summed E-state index contributed by atoms with van der Waals surface area (Å²) in [7, 11) is 0. The van der Waals surface area contributed by atoms with Crippen LogP contribution in [0, 0.1) is 20.8 Å². The fourth-order valence-electron chi connectivity index (χ4n) is 3.65. The summed E-state index contributed by atoms with van der Waals surface area (Å²) in [6, 6.07) is 12.8. The number of rotatable bonds is 6. The Bertz CT molecular complexity index is 1410. The lowest BCUT2D eigenvalue weighted by Gasteiger charge is -2.10. The van der Waals surface area contributed by atoms with Crippen LogP contribution in [0.2, 0.25) is 20.1 Å². The highest BCUT2D eigenvalue weighted by atomic mass is 35.5. The minimum atomic E-state index is 0.412. The van der Waals surface area contributed by atoms with Gasteiger partial charge in [0.25, 0.3) is 0 Å². The third-order valence-electron chi connectivity index (χ3n) is 5.51. The molecular formula is C24H22Cl4N6S. The normalized spacial score (nSPS) is 11.1. The molecule has 0 atom stereocenters. The van der Waals surface area contributed by atoms with E-state index < -0.39 is 0 Å². The lowest BCUT2D eigenvalue weighted by molar-refractivity contribution is 0.659. The Balaban J connectivity index is 1.45. The molecule has 0 saturated heterocycles. The first-order valence-electron chi connectivity index (χ1n) is 10.6. The molecule has 11 heteroatoms. The molecule has 2 N–H and O–H groups in total. The van der Waals surface area contributed by atoms with Crippen molar-refractivity contribution in [2.75, 3.05) is 10.6 Å². The van der Waals surface area contributed by atoms with Gasteiger partial charge >= 0.3 is 0 Å². The Kier molecular flexibility index (Phi) is 7.93. The lowest BCUT2D eigenvalue weighted by Crippen LogP contribution is -2.20. The zero-order valence-corrected chi connectivity index (χ0v) is 23.0. The predicted octanol–water partition coefficient (Wildman–Crippen LogP) is 7.52. The zero-order chi connectivity index (χ0) is 25.3. The van der Waals surface area contributed by atoms with Crippen molar-refractivity contribution in [3.05, 3.63) is 90.8 Å². The Morgan fingerprint density at radius 3 is 1.94 bits per heavy atom. The third kappa shape index (κ3) is 6.11. The van der Waals surface area contributed by atoms with E-state index >= 15 is 0 Å². The average molecular weight is 568 g/mol. The first kappa shape index (κ1) is 25.8. The fraction of sp³-hybridized carbons (Fsp3) is 0.208. The van der Waals surface area contributed by atoms with Gasteiger partial charge in [-0.15, -0.1) is 0 Å². The van der Waals surface area contributed by atoms with E-state index in [1.807, 2.05) is 60.5 Å². The summed E-state index contributed by atoms with van der Waals surface area (Å²) < 4.78 is 3.73. The highest BCUT2D eigenvalue weighted by Gasteiger charge is 2.15. The maximum Gasteiger partial charge on any atom is 0.176 e. The van der Waals surface area contributed by atoms with Gasteiger partial charge in [0.1, 0.15) is 0 Å². The molecule has 0 spiro atoms. The molecule has 0 bridgehead atoms. The molecular weight excluding hydrogens is 546 g/mol. The van der Waals surface area contributed by atoms with E-state index in [1.165, 1.54) is 0 Å². The molecule has 2 heterocycles. The van der Waals surface area contributed by atoms with Crippen LogP contribution >= 0.6 is 58.6 Å². The minimum absolute atomic E-state index is 0.412. The third-order valence-corrected chi connectivity index (χ3v) is 6.89. The molecule has 182 valence electrons. The number of nitrogens with one attached hydrogen (secondary N) is 2. The van der Waals surface area contributed by atoms with E-state index in [4.69, 9.17) is 58.6 Å². The van der Waals surface area contributed by atoms with Crippen LogP contribution < -0.4 is 10.6 Å². The number of benzene rings is 2. The topological polar surface area (TPSA) is 59.7 Å². The summed E-state index contributed by atoms with van der Waals surface area (Å²) >= 11 is 30.2. The highest BCUT2D eigenvalue weighted by Crippen LogP contribution is 2.26. The number of anilines is 2. The molecule has 0 aliphatic rings. The quantitative estimate of drug-likeness (QED) is 0.236. The van der Waals surface area contributed by atoms with Gasteiger partial charge in [-0.1, -0.05) is 58.5 Å². The molecule has 4 aromatic rings. The standard InChI is InChI=1S/C24H22Cl4N6S/c1-13-8-22(32-33(13)11-16-4-6-18(25)9-20(16)27)29-24(35)30-23-14(2)31-34(15(23)3)12-17-5-7-19(26)10-21(17)28/h4-10H,11-12H2,1-3H3,(H2,29,30,32,35). The molecule has 4 rings (SSSR count). The van der Waals surface area contributed by atoms with Crippen molar-refractivity contribution >= 4 is 75.2 Å². The number of hydrogen-bond donors (Lipinski definition) is 2. The van der Waals surface area contributed by atoms with Crippen LogP contribution in [0.3, 0.4) is 0 Å². The predicted molar refractivity (Wildman–Crippen MR) is 150 cm³/mol. The minimum Gasteiger partial charge on any atom is -0.329 e. The number of aromatic nitrogens is 4. The fourth-order valence-corrected chi connectivity index (χ4v) is 4.79. The molecule has 0 aliphatic carbocycles. The number of hydrogen-bond acceptors (Lipinski definition) is 3. The highest BCUT2D eigenvalue weighted by molar-refractivity contribution is 7.80. The maximum atomic E-state index is 6.34. The molecule has 35 heavy (non-hydrogen) atoms. The SMILES string of the molecule is Cc1nn(Cc2ccc(Cl)cc2Cl)c(C)c1NC(=S)Nc1cc(C)n(Cc2ccc(Cl)cc2Cl)n1. The summed E-state index contributed by atoms with van der Waals surface area (Å²) in [5.74, 6) is 0.626. The van der Waals surface area contributed by atoms with Gasteiger partial charge in [-0.25, -0.2) is 0 Å². The van der Waals surface area contributed by atoms with Crippen molar-refractivity contribution in [2.45, 2.75) is 33.9 Å². The van der Waals surface area contributed by atoms with Crippen LogP contribution in [-0.2, 0) is 13.1 Å². The zero-order valence-electron chi connectivity index (χ0n) is 19.2. The summed E-state index contributed by atoms with van der Waals surface area (Å²) in [5.41, 5.74) is 5.38. The Hall–Kier alpha value is -2.29. The average Bonchev–Trinajstić information content (AvgIpc) is 3.25. The van der Waals surface area contributed by atoms with Gasteiger partial charge in [-0.05, 0) is 68.4 Å². The van der Waals surface area contributed by atoms with Crippen molar-refractivity contribution in [3.63, 3.8) is 0 Å². The molecule has 0 saturated carbocycles. The largest absolute Gasteiger partial charge is 0.329 e. The van der Waals surface area contributed by atoms with Crippen LogP contribution in [0.25, 0.3) is 0 Å². The lowest BCUT2D eigenvalue weighted by atomic mass is 10.2. The second kappa shape index (κ2) is 10.8. The molecule has 0 fully saturated rings. The van der Waals surface area contributed by atoms with Gasteiger partial charge in [0, 0.05) is 31.9 Å². The van der Waals surface area contributed by atoms with E-state index in [2.05, 4.69) is 20.8 Å². The second-order valence-corrected chi connectivity index (χ2v) is 10.2. The second-order valence-electron chi connectivity index (χ2n) is 8.08. The van der Waals surface area contributed by atoms with E-state index in [0.717, 1.165) is 33.9 Å². The monoisotopic (exact) mass is 566 g/mol. The Morgan fingerprint density at radius 1 is 0.800 bits per heavy atom. The van der Waals surface area contributed by atoms with E-state index in [9.17, 15) is 0 Å². The van der Waals surface area contributed by atoms with Crippen molar-refractivity contribution in [2.24, 2.45) is 0 Å². The van der Waals surface area contributed by atoms with Gasteiger partial charge in [0.2, 0.25) is 0 Å². The van der Waals surface area contributed by atoms with Gasteiger partial charge in [-0.3, -0.25) is 9.36 Å². The molecule has 2 aromatic heterocycles. The van der Waals surface area contributed by atoms with Gasteiger partial charge in [0.15, 0.2) is 10.9 Å².